The fraction of sp³-hybridized carbons (Fsp3) is 0.160. The van der Waals surface area contributed by atoms with Crippen molar-refractivity contribution in [3.63, 3.8) is 0 Å². The minimum Gasteiger partial charge on any atom is -0.350 e. The van der Waals surface area contributed by atoms with Crippen LogP contribution in [0.1, 0.15) is 21.5 Å². The lowest BCUT2D eigenvalue weighted by atomic mass is 10.1. The van der Waals surface area contributed by atoms with Gasteiger partial charge in [-0.15, -0.1) is 0 Å². The standard InChI is InChI=1S/C25H22ClN7O2/c26-21-7-3-19(4-8-21)15-32-17-29-23-22(25(32)35)13-30-33(23)12-10-28-24(34)20-5-1-18(2-6-20)14-31-11-9-27-16-31/h1-9,11,13,16-17H,10,12,14-15H2,(H,28,34). The zero-order chi connectivity index (χ0) is 24.2. The van der Waals surface area contributed by atoms with Gasteiger partial charge in [0.05, 0.1) is 25.6 Å². The SMILES string of the molecule is O=C(NCCn1ncc2c(=O)n(Cc3ccc(Cl)cc3)cnc21)c1ccc(Cn2ccnc2)cc1. The Kier molecular flexibility index (Phi) is 6.40. The van der Waals surface area contributed by atoms with Crippen LogP contribution in [-0.2, 0) is 19.6 Å². The molecule has 2 aromatic carbocycles. The van der Waals surface area contributed by atoms with Crippen molar-refractivity contribution in [2.45, 2.75) is 19.6 Å². The Balaban J connectivity index is 1.20. The average molecular weight is 488 g/mol. The molecule has 0 saturated carbocycles. The predicted molar refractivity (Wildman–Crippen MR) is 132 cm³/mol. The normalized spacial score (nSPS) is 11.1. The lowest BCUT2D eigenvalue weighted by molar-refractivity contribution is 0.0952. The molecule has 9 nitrogen and oxygen atoms in total. The smallest absolute Gasteiger partial charge is 0.264 e. The highest BCUT2D eigenvalue weighted by atomic mass is 35.5. The highest BCUT2D eigenvalue weighted by molar-refractivity contribution is 6.30. The van der Waals surface area contributed by atoms with Crippen molar-refractivity contribution in [1.29, 1.82) is 0 Å². The Morgan fingerprint density at radius 3 is 2.46 bits per heavy atom. The Bertz CT molecular complexity index is 1500. The topological polar surface area (TPSA) is 99.6 Å². The molecule has 0 bridgehead atoms. The van der Waals surface area contributed by atoms with Gasteiger partial charge in [-0.25, -0.2) is 14.6 Å². The van der Waals surface area contributed by atoms with Crippen LogP contribution in [0.4, 0.5) is 0 Å². The summed E-state index contributed by atoms with van der Waals surface area (Å²) in [6.45, 7) is 1.83. The number of hydrogen-bond acceptors (Lipinski definition) is 5. The molecule has 0 aliphatic carbocycles. The summed E-state index contributed by atoms with van der Waals surface area (Å²) in [4.78, 5) is 33.9. The Morgan fingerprint density at radius 1 is 0.971 bits per heavy atom. The van der Waals surface area contributed by atoms with Crippen molar-refractivity contribution in [2.75, 3.05) is 6.54 Å². The molecule has 1 N–H and O–H groups in total. The van der Waals surface area contributed by atoms with Crippen LogP contribution >= 0.6 is 11.6 Å². The first-order valence-corrected chi connectivity index (χ1v) is 11.4. The molecule has 10 heteroatoms. The van der Waals surface area contributed by atoms with Gasteiger partial charge in [0.25, 0.3) is 11.5 Å². The fourth-order valence-corrected chi connectivity index (χ4v) is 3.92. The van der Waals surface area contributed by atoms with Crippen molar-refractivity contribution in [2.24, 2.45) is 0 Å². The van der Waals surface area contributed by atoms with Crippen molar-refractivity contribution in [1.82, 2.24) is 34.2 Å². The van der Waals surface area contributed by atoms with Gasteiger partial charge in [-0.3, -0.25) is 14.2 Å². The van der Waals surface area contributed by atoms with Gasteiger partial charge in [0.15, 0.2) is 5.65 Å². The molecule has 1 amide bonds. The first-order valence-electron chi connectivity index (χ1n) is 11.0. The molecule has 0 unspecified atom stereocenters. The Labute approximate surface area is 205 Å². The van der Waals surface area contributed by atoms with E-state index in [4.69, 9.17) is 11.6 Å². The number of nitrogens with zero attached hydrogens (tertiary/aromatic N) is 6. The number of carbonyl (C=O) groups is 1. The van der Waals surface area contributed by atoms with Crippen LogP contribution in [0.15, 0.2) is 84.6 Å². The van der Waals surface area contributed by atoms with Gasteiger partial charge in [-0.1, -0.05) is 35.9 Å². The van der Waals surface area contributed by atoms with E-state index in [1.165, 1.54) is 17.1 Å². The second-order valence-electron chi connectivity index (χ2n) is 8.10. The van der Waals surface area contributed by atoms with Gasteiger partial charge in [0.2, 0.25) is 0 Å². The molecule has 0 aliphatic heterocycles. The van der Waals surface area contributed by atoms with E-state index >= 15 is 0 Å². The van der Waals surface area contributed by atoms with Gasteiger partial charge >= 0.3 is 0 Å². The minimum atomic E-state index is -0.172. The number of nitrogens with one attached hydrogen (secondary N) is 1. The number of fused-ring (bicyclic) bond motifs is 1. The maximum Gasteiger partial charge on any atom is 0.264 e. The molecule has 0 aliphatic rings. The van der Waals surface area contributed by atoms with Crippen LogP contribution in [0.3, 0.4) is 0 Å². The first-order chi connectivity index (χ1) is 17.1. The number of imidazole rings is 1. The Morgan fingerprint density at radius 2 is 1.71 bits per heavy atom. The van der Waals surface area contributed by atoms with Gasteiger partial charge in [0, 0.05) is 36.1 Å². The summed E-state index contributed by atoms with van der Waals surface area (Å²) in [5.41, 5.74) is 2.92. The fourth-order valence-electron chi connectivity index (χ4n) is 3.79. The van der Waals surface area contributed by atoms with Gasteiger partial charge in [0.1, 0.15) is 11.7 Å². The summed E-state index contributed by atoms with van der Waals surface area (Å²) in [6.07, 6.45) is 8.41. The van der Waals surface area contributed by atoms with Crippen LogP contribution in [0.25, 0.3) is 11.0 Å². The van der Waals surface area contributed by atoms with Crippen LogP contribution < -0.4 is 10.9 Å². The molecule has 0 atom stereocenters. The lowest BCUT2D eigenvalue weighted by Gasteiger charge is -2.08. The van der Waals surface area contributed by atoms with Crippen molar-refractivity contribution < 1.29 is 4.79 Å². The van der Waals surface area contributed by atoms with Gasteiger partial charge in [-0.2, -0.15) is 5.10 Å². The van der Waals surface area contributed by atoms with E-state index in [1.807, 2.05) is 35.0 Å². The monoisotopic (exact) mass is 487 g/mol. The predicted octanol–water partition coefficient (Wildman–Crippen LogP) is 2.97. The third-order valence-electron chi connectivity index (χ3n) is 5.64. The summed E-state index contributed by atoms with van der Waals surface area (Å²) in [7, 11) is 0. The molecular formula is C25H22ClN7O2. The first kappa shape index (κ1) is 22.5. The van der Waals surface area contributed by atoms with E-state index in [2.05, 4.69) is 20.4 Å². The molecule has 35 heavy (non-hydrogen) atoms. The molecule has 0 radical (unpaired) electrons. The van der Waals surface area contributed by atoms with E-state index < -0.39 is 0 Å². The maximum absolute atomic E-state index is 12.9. The van der Waals surface area contributed by atoms with Gasteiger partial charge < -0.3 is 9.88 Å². The van der Waals surface area contributed by atoms with E-state index in [1.54, 1.807) is 41.5 Å². The summed E-state index contributed by atoms with van der Waals surface area (Å²) in [5.74, 6) is -0.172. The maximum atomic E-state index is 12.9. The Hall–Kier alpha value is -4.24. The summed E-state index contributed by atoms with van der Waals surface area (Å²) >= 11 is 5.93. The van der Waals surface area contributed by atoms with Crippen LogP contribution in [0.5, 0.6) is 0 Å². The zero-order valence-corrected chi connectivity index (χ0v) is 19.5. The molecule has 3 heterocycles. The molecule has 176 valence electrons. The summed E-state index contributed by atoms with van der Waals surface area (Å²) < 4.78 is 5.12. The van der Waals surface area contributed by atoms with Crippen LogP contribution in [0.2, 0.25) is 5.02 Å². The molecule has 0 saturated heterocycles. The summed E-state index contributed by atoms with van der Waals surface area (Å²) in [5, 5.41) is 8.27. The molecule has 5 aromatic rings. The zero-order valence-electron chi connectivity index (χ0n) is 18.7. The highest BCUT2D eigenvalue weighted by Crippen LogP contribution is 2.11. The molecular weight excluding hydrogens is 466 g/mol. The number of rotatable bonds is 8. The van der Waals surface area contributed by atoms with E-state index in [-0.39, 0.29) is 11.5 Å². The minimum absolute atomic E-state index is 0.170. The third-order valence-corrected chi connectivity index (χ3v) is 5.89. The number of benzene rings is 2. The van der Waals surface area contributed by atoms with Crippen LogP contribution in [-0.4, -0.2) is 41.3 Å². The molecule has 0 fully saturated rings. The molecule has 5 rings (SSSR count). The molecule has 0 spiro atoms. The van der Waals surface area contributed by atoms with Crippen molar-refractivity contribution in [3.8, 4) is 0 Å². The number of amides is 1. The van der Waals surface area contributed by atoms with E-state index in [0.29, 0.717) is 47.8 Å². The van der Waals surface area contributed by atoms with E-state index in [9.17, 15) is 9.59 Å². The largest absolute Gasteiger partial charge is 0.350 e. The van der Waals surface area contributed by atoms with Crippen LogP contribution in [0, 0.1) is 0 Å². The third kappa shape index (κ3) is 5.15. The highest BCUT2D eigenvalue weighted by Gasteiger charge is 2.11. The second-order valence-corrected chi connectivity index (χ2v) is 8.53. The molecule has 3 aromatic heterocycles. The quantitative estimate of drug-likeness (QED) is 0.363. The van der Waals surface area contributed by atoms with E-state index in [0.717, 1.165) is 11.1 Å². The average Bonchev–Trinajstić information content (AvgIpc) is 3.53. The van der Waals surface area contributed by atoms with Crippen molar-refractivity contribution in [3.05, 3.63) is 112 Å². The number of aromatic nitrogens is 6. The lowest BCUT2D eigenvalue weighted by Crippen LogP contribution is -2.27. The van der Waals surface area contributed by atoms with Crippen molar-refractivity contribution >= 4 is 28.5 Å². The summed E-state index contributed by atoms with van der Waals surface area (Å²) in [6, 6.07) is 14.8. The number of halogens is 1. The number of hydrogen-bond donors (Lipinski definition) is 1. The number of carbonyl (C=O) groups excluding carboxylic acids is 1. The second kappa shape index (κ2) is 9.94. The van der Waals surface area contributed by atoms with Gasteiger partial charge in [-0.05, 0) is 35.4 Å².